The van der Waals surface area contributed by atoms with E-state index in [4.69, 9.17) is 11.6 Å². The van der Waals surface area contributed by atoms with Crippen molar-refractivity contribution in [2.24, 2.45) is 0 Å². The average Bonchev–Trinajstić information content (AvgIpc) is 2.25. The topological polar surface area (TPSA) is 55.4 Å². The van der Waals surface area contributed by atoms with Crippen LogP contribution < -0.4 is 4.89 Å². The molecule has 0 unspecified atom stereocenters. The Morgan fingerprint density at radius 2 is 1.71 bits per heavy atom. The van der Waals surface area contributed by atoms with Crippen LogP contribution >= 0.6 is 11.6 Å². The SMILES string of the molecule is O=S(=O)(NOCC(F)(F)F)c1cc(C(F)(F)F)ccc1Cl. The molecule has 120 valence electrons. The average molecular weight is 358 g/mol. The molecule has 0 saturated carbocycles. The van der Waals surface area contributed by atoms with Crippen molar-refractivity contribution < 1.29 is 39.6 Å². The van der Waals surface area contributed by atoms with Crippen LogP contribution in [0.25, 0.3) is 0 Å². The third-order valence-electron chi connectivity index (χ3n) is 1.95. The molecule has 1 N–H and O–H groups in total. The second-order valence-electron chi connectivity index (χ2n) is 3.63. The molecule has 0 aliphatic carbocycles. The molecule has 0 amide bonds. The molecule has 0 aliphatic heterocycles. The van der Waals surface area contributed by atoms with Crippen molar-refractivity contribution in [3.63, 3.8) is 0 Å². The fourth-order valence-electron chi connectivity index (χ4n) is 1.12. The van der Waals surface area contributed by atoms with E-state index >= 15 is 0 Å². The minimum absolute atomic E-state index is 0.182. The van der Waals surface area contributed by atoms with Gasteiger partial charge in [0.2, 0.25) is 0 Å². The molecule has 0 aromatic heterocycles. The van der Waals surface area contributed by atoms with Gasteiger partial charge in [-0.05, 0) is 18.2 Å². The smallest absolute Gasteiger partial charge is 0.277 e. The van der Waals surface area contributed by atoms with Crippen LogP contribution in [-0.4, -0.2) is 21.2 Å². The number of alkyl halides is 6. The molecule has 0 spiro atoms. The number of nitrogens with one attached hydrogen (secondary N) is 1. The Kier molecular flexibility index (Phi) is 5.13. The highest BCUT2D eigenvalue weighted by atomic mass is 35.5. The first-order chi connectivity index (χ1) is 9.33. The van der Waals surface area contributed by atoms with Gasteiger partial charge in [-0.3, -0.25) is 4.84 Å². The molecule has 1 rings (SSSR count). The maximum absolute atomic E-state index is 12.5. The van der Waals surface area contributed by atoms with Crippen molar-refractivity contribution in [2.45, 2.75) is 17.2 Å². The van der Waals surface area contributed by atoms with Gasteiger partial charge in [-0.1, -0.05) is 16.5 Å². The van der Waals surface area contributed by atoms with E-state index in [-0.39, 0.29) is 6.07 Å². The Labute approximate surface area is 119 Å². The number of halogens is 7. The Morgan fingerprint density at radius 3 is 2.19 bits per heavy atom. The standard InChI is InChI=1S/C9H6ClF6NO3S/c10-6-2-1-5(9(14,15)16)3-7(6)21(18,19)17-20-4-8(11,12)13/h1-3,17H,4H2. The van der Waals surface area contributed by atoms with Gasteiger partial charge >= 0.3 is 12.4 Å². The molecule has 0 bridgehead atoms. The van der Waals surface area contributed by atoms with Crippen molar-refractivity contribution in [1.29, 1.82) is 0 Å². The van der Waals surface area contributed by atoms with Gasteiger partial charge in [-0.15, -0.1) is 0 Å². The number of hydrogen-bond donors (Lipinski definition) is 1. The van der Waals surface area contributed by atoms with E-state index < -0.39 is 44.5 Å². The zero-order valence-corrected chi connectivity index (χ0v) is 11.3. The summed E-state index contributed by atoms with van der Waals surface area (Å²) in [5.41, 5.74) is -1.33. The van der Waals surface area contributed by atoms with Gasteiger partial charge < -0.3 is 0 Å². The molecule has 0 atom stereocenters. The first kappa shape index (κ1) is 18.0. The number of rotatable bonds is 4. The summed E-state index contributed by atoms with van der Waals surface area (Å²) in [6, 6.07) is 1.36. The summed E-state index contributed by atoms with van der Waals surface area (Å²) in [5.74, 6) is 0. The third-order valence-corrected chi connectivity index (χ3v) is 3.65. The lowest BCUT2D eigenvalue weighted by molar-refractivity contribution is -0.181. The lowest BCUT2D eigenvalue weighted by Crippen LogP contribution is -2.30. The molecule has 0 radical (unpaired) electrons. The van der Waals surface area contributed by atoms with Crippen LogP contribution in [0.4, 0.5) is 26.3 Å². The van der Waals surface area contributed by atoms with Crippen molar-refractivity contribution in [2.75, 3.05) is 6.61 Å². The Bertz CT molecular complexity index is 613. The largest absolute Gasteiger partial charge is 0.416 e. The lowest BCUT2D eigenvalue weighted by atomic mass is 10.2. The summed E-state index contributed by atoms with van der Waals surface area (Å²) in [6.45, 7) is -1.96. The van der Waals surface area contributed by atoms with Crippen molar-refractivity contribution >= 4 is 21.6 Å². The predicted octanol–water partition coefficient (Wildman–Crippen LogP) is 3.13. The summed E-state index contributed by atoms with van der Waals surface area (Å²) in [5, 5.41) is -0.605. The number of hydrogen-bond acceptors (Lipinski definition) is 3. The molecule has 1 aromatic carbocycles. The summed E-state index contributed by atoms with van der Waals surface area (Å²) in [7, 11) is -4.80. The molecular weight excluding hydrogens is 352 g/mol. The van der Waals surface area contributed by atoms with Gasteiger partial charge in [-0.25, -0.2) is 8.42 Å². The van der Waals surface area contributed by atoms with Gasteiger partial charge in [0.25, 0.3) is 10.0 Å². The van der Waals surface area contributed by atoms with E-state index in [0.717, 1.165) is 4.89 Å². The summed E-state index contributed by atoms with van der Waals surface area (Å²) in [4.78, 5) is 3.69. The summed E-state index contributed by atoms with van der Waals surface area (Å²) < 4.78 is 95.9. The monoisotopic (exact) mass is 357 g/mol. The highest BCUT2D eigenvalue weighted by Gasteiger charge is 2.33. The van der Waals surface area contributed by atoms with Gasteiger partial charge in [0.1, 0.15) is 4.90 Å². The molecule has 21 heavy (non-hydrogen) atoms. The van der Waals surface area contributed by atoms with Crippen molar-refractivity contribution in [3.8, 4) is 0 Å². The highest BCUT2D eigenvalue weighted by Crippen LogP contribution is 2.33. The van der Waals surface area contributed by atoms with Gasteiger partial charge in [0.05, 0.1) is 10.6 Å². The molecular formula is C9H6ClF6NO3S. The first-order valence-corrected chi connectivity index (χ1v) is 6.76. The number of sulfonamides is 1. The summed E-state index contributed by atoms with van der Waals surface area (Å²) in [6.07, 6.45) is -9.66. The van der Waals surface area contributed by atoms with Gasteiger partial charge in [0, 0.05) is 0 Å². The highest BCUT2D eigenvalue weighted by molar-refractivity contribution is 7.89. The predicted molar refractivity (Wildman–Crippen MR) is 58.8 cm³/mol. The fourth-order valence-corrected chi connectivity index (χ4v) is 2.45. The Balaban J connectivity index is 3.03. The molecule has 4 nitrogen and oxygen atoms in total. The van der Waals surface area contributed by atoms with E-state index in [1.54, 1.807) is 0 Å². The second-order valence-corrected chi connectivity index (χ2v) is 5.65. The lowest BCUT2D eigenvalue weighted by Gasteiger charge is -2.12. The van der Waals surface area contributed by atoms with Crippen LogP contribution in [0.5, 0.6) is 0 Å². The summed E-state index contributed by atoms with van der Waals surface area (Å²) >= 11 is 5.44. The minimum Gasteiger partial charge on any atom is -0.277 e. The van der Waals surface area contributed by atoms with Crippen LogP contribution in [0, 0.1) is 0 Å². The van der Waals surface area contributed by atoms with Crippen LogP contribution in [0.15, 0.2) is 23.1 Å². The molecule has 0 saturated heterocycles. The maximum Gasteiger partial charge on any atom is 0.416 e. The van der Waals surface area contributed by atoms with Crippen LogP contribution in [0.3, 0.4) is 0 Å². The molecule has 0 fully saturated rings. The number of benzene rings is 1. The molecule has 1 aromatic rings. The Hall–Kier alpha value is -1.04. The zero-order chi connectivity index (χ0) is 16.5. The molecule has 0 aliphatic rings. The fraction of sp³-hybridized carbons (Fsp3) is 0.333. The van der Waals surface area contributed by atoms with E-state index in [2.05, 4.69) is 4.84 Å². The van der Waals surface area contributed by atoms with E-state index in [1.165, 1.54) is 0 Å². The molecule has 12 heteroatoms. The van der Waals surface area contributed by atoms with Crippen LogP contribution in [0.2, 0.25) is 5.02 Å². The van der Waals surface area contributed by atoms with Gasteiger partial charge in [0.15, 0.2) is 6.61 Å². The second kappa shape index (κ2) is 5.99. The third kappa shape index (κ3) is 5.34. The first-order valence-electron chi connectivity index (χ1n) is 4.90. The minimum atomic E-state index is -4.85. The maximum atomic E-state index is 12.5. The van der Waals surface area contributed by atoms with Crippen LogP contribution in [-0.2, 0) is 21.0 Å². The van der Waals surface area contributed by atoms with Gasteiger partial charge in [-0.2, -0.15) is 26.3 Å². The molecule has 0 heterocycles. The normalized spacial score (nSPS) is 13.5. The quantitative estimate of drug-likeness (QED) is 0.665. The van der Waals surface area contributed by atoms with Crippen molar-refractivity contribution in [1.82, 2.24) is 4.89 Å². The van der Waals surface area contributed by atoms with Crippen molar-refractivity contribution in [3.05, 3.63) is 28.8 Å². The Morgan fingerprint density at radius 1 is 1.14 bits per heavy atom. The van der Waals surface area contributed by atoms with E-state index in [1.807, 2.05) is 0 Å². The van der Waals surface area contributed by atoms with E-state index in [0.29, 0.717) is 12.1 Å². The van der Waals surface area contributed by atoms with E-state index in [9.17, 15) is 34.8 Å². The zero-order valence-electron chi connectivity index (χ0n) is 9.72. The van der Waals surface area contributed by atoms with Crippen LogP contribution in [0.1, 0.15) is 5.56 Å².